The number of diazo groups is 1. The van der Waals surface area contributed by atoms with Crippen LogP contribution in [0, 0.1) is 5.39 Å². The summed E-state index contributed by atoms with van der Waals surface area (Å²) in [5.74, 6) is 0. The maximum absolute atomic E-state index is 8.29. The lowest BCUT2D eigenvalue weighted by atomic mass is 10.2. The molecule has 3 nitrogen and oxygen atoms in total. The maximum atomic E-state index is 8.29. The van der Waals surface area contributed by atoms with Crippen molar-refractivity contribution in [3.63, 3.8) is 0 Å². The van der Waals surface area contributed by atoms with E-state index in [0.29, 0.717) is 0 Å². The molecule has 0 aliphatic carbocycles. The van der Waals surface area contributed by atoms with Crippen molar-refractivity contribution >= 4 is 0 Å². The second kappa shape index (κ2) is 2.95. The molecule has 0 amide bonds. The van der Waals surface area contributed by atoms with Crippen LogP contribution in [0.25, 0.3) is 4.98 Å². The number of nitrogens with two attached hydrogens (primary N) is 1. The van der Waals surface area contributed by atoms with Crippen LogP contribution < -0.4 is 5.73 Å². The minimum absolute atomic E-state index is 0.610. The van der Waals surface area contributed by atoms with Crippen molar-refractivity contribution in [3.05, 3.63) is 40.9 Å². The summed E-state index contributed by atoms with van der Waals surface area (Å²) in [6.07, 6.45) is -0.610. The topological polar surface area (TPSA) is 54.2 Å². The molecular weight excluding hydrogens is 126 g/mol. The Morgan fingerprint density at radius 2 is 1.90 bits per heavy atom. The van der Waals surface area contributed by atoms with E-state index in [4.69, 9.17) is 11.1 Å². The van der Waals surface area contributed by atoms with E-state index in [-0.39, 0.29) is 0 Å². The molecule has 1 rings (SSSR count). The molecule has 10 heavy (non-hydrogen) atoms. The van der Waals surface area contributed by atoms with Crippen LogP contribution in [-0.4, -0.2) is 0 Å². The SMILES string of the molecule is N#[N+]C(N)c1ccccc1. The molecule has 0 saturated heterocycles. The fourth-order valence-electron chi connectivity index (χ4n) is 0.717. The van der Waals surface area contributed by atoms with Crippen LogP contribution >= 0.6 is 0 Å². The summed E-state index contributed by atoms with van der Waals surface area (Å²) in [5, 5.41) is 8.29. The van der Waals surface area contributed by atoms with Gasteiger partial charge in [0.25, 0.3) is 0 Å². The zero-order chi connectivity index (χ0) is 7.40. The normalized spacial score (nSPS) is 12.0. The molecule has 2 N–H and O–H groups in total. The molecular formula is C7H8N3+. The summed E-state index contributed by atoms with van der Waals surface area (Å²) in [7, 11) is 0. The van der Waals surface area contributed by atoms with Gasteiger partial charge in [0.1, 0.15) is 4.98 Å². The first-order chi connectivity index (χ1) is 4.84. The number of benzene rings is 1. The minimum atomic E-state index is -0.610. The molecule has 0 aromatic heterocycles. The van der Waals surface area contributed by atoms with Crippen LogP contribution in [-0.2, 0) is 0 Å². The molecule has 1 aromatic carbocycles. The van der Waals surface area contributed by atoms with Gasteiger partial charge in [-0.2, -0.15) is 0 Å². The van der Waals surface area contributed by atoms with E-state index >= 15 is 0 Å². The largest absolute Gasteiger partial charge is 0.392 e. The van der Waals surface area contributed by atoms with E-state index in [9.17, 15) is 0 Å². The third kappa shape index (κ3) is 1.30. The highest BCUT2D eigenvalue weighted by molar-refractivity contribution is 5.19. The van der Waals surface area contributed by atoms with Gasteiger partial charge in [0.05, 0.1) is 5.56 Å². The molecule has 0 heterocycles. The molecule has 0 aliphatic heterocycles. The van der Waals surface area contributed by atoms with Gasteiger partial charge in [-0.3, -0.25) is 0 Å². The summed E-state index contributed by atoms with van der Waals surface area (Å²) >= 11 is 0. The van der Waals surface area contributed by atoms with E-state index in [1.807, 2.05) is 30.3 Å². The molecule has 1 atom stereocenters. The smallest absolute Gasteiger partial charge is 0.250 e. The van der Waals surface area contributed by atoms with Gasteiger partial charge in [0.15, 0.2) is 0 Å². The first-order valence-corrected chi connectivity index (χ1v) is 2.99. The highest BCUT2D eigenvalue weighted by Crippen LogP contribution is 2.08. The van der Waals surface area contributed by atoms with Gasteiger partial charge in [-0.25, -0.2) is 5.73 Å². The molecule has 1 aromatic rings. The van der Waals surface area contributed by atoms with Gasteiger partial charge in [-0.15, -0.1) is 0 Å². The fraction of sp³-hybridized carbons (Fsp3) is 0.143. The maximum Gasteiger partial charge on any atom is 0.392 e. The monoisotopic (exact) mass is 134 g/mol. The lowest BCUT2D eigenvalue weighted by Gasteiger charge is -1.89. The standard InChI is InChI=1S/C7H8N3/c8-7(10-9)6-4-2-1-3-5-6/h1-5,7H,8H2/q+1. The number of hydrogen-bond acceptors (Lipinski definition) is 2. The summed E-state index contributed by atoms with van der Waals surface area (Å²) < 4.78 is 0. The fourth-order valence-corrected chi connectivity index (χ4v) is 0.717. The van der Waals surface area contributed by atoms with Crippen LogP contribution in [0.2, 0.25) is 0 Å². The third-order valence-corrected chi connectivity index (χ3v) is 1.27. The quantitative estimate of drug-likeness (QED) is 0.591. The van der Waals surface area contributed by atoms with Crippen LogP contribution in [0.4, 0.5) is 0 Å². The highest BCUT2D eigenvalue weighted by Gasteiger charge is 2.13. The van der Waals surface area contributed by atoms with Crippen molar-refractivity contribution in [2.45, 2.75) is 6.17 Å². The molecule has 0 bridgehead atoms. The van der Waals surface area contributed by atoms with Crippen molar-refractivity contribution in [3.8, 4) is 0 Å². The molecule has 0 saturated carbocycles. The average molecular weight is 134 g/mol. The van der Waals surface area contributed by atoms with Gasteiger partial charge < -0.3 is 0 Å². The van der Waals surface area contributed by atoms with E-state index in [2.05, 4.69) is 4.98 Å². The van der Waals surface area contributed by atoms with Gasteiger partial charge in [0.2, 0.25) is 5.39 Å². The number of nitrogens with zero attached hydrogens (tertiary/aromatic N) is 2. The summed E-state index contributed by atoms with van der Waals surface area (Å²) in [5.41, 5.74) is 6.19. The second-order valence-corrected chi connectivity index (χ2v) is 1.97. The van der Waals surface area contributed by atoms with Crippen LogP contribution in [0.1, 0.15) is 11.7 Å². The third-order valence-electron chi connectivity index (χ3n) is 1.27. The first kappa shape index (κ1) is 6.72. The Balaban J connectivity index is 2.88. The predicted octanol–water partition coefficient (Wildman–Crippen LogP) is 1.50. The van der Waals surface area contributed by atoms with Gasteiger partial charge >= 0.3 is 6.17 Å². The van der Waals surface area contributed by atoms with Crippen LogP contribution in [0.15, 0.2) is 30.3 Å². The van der Waals surface area contributed by atoms with Crippen LogP contribution in [0.3, 0.4) is 0 Å². The zero-order valence-electron chi connectivity index (χ0n) is 5.44. The van der Waals surface area contributed by atoms with Crippen molar-refractivity contribution in [1.29, 1.82) is 5.39 Å². The van der Waals surface area contributed by atoms with E-state index in [1.165, 1.54) is 0 Å². The Kier molecular flexibility index (Phi) is 1.98. The molecule has 0 spiro atoms. The number of hydrogen-bond donors (Lipinski definition) is 1. The van der Waals surface area contributed by atoms with Crippen molar-refractivity contribution in [2.24, 2.45) is 5.73 Å². The lowest BCUT2D eigenvalue weighted by Crippen LogP contribution is -2.03. The van der Waals surface area contributed by atoms with Crippen molar-refractivity contribution in [2.75, 3.05) is 0 Å². The van der Waals surface area contributed by atoms with Crippen LogP contribution in [0.5, 0.6) is 0 Å². The minimum Gasteiger partial charge on any atom is -0.250 e. The lowest BCUT2D eigenvalue weighted by molar-refractivity contribution is 0.880. The Morgan fingerprint density at radius 3 is 2.40 bits per heavy atom. The number of rotatable bonds is 1. The summed E-state index contributed by atoms with van der Waals surface area (Å²) in [6.45, 7) is 0. The molecule has 0 fully saturated rings. The Labute approximate surface area is 59.1 Å². The molecule has 1 unspecified atom stereocenters. The van der Waals surface area contributed by atoms with E-state index < -0.39 is 6.17 Å². The summed E-state index contributed by atoms with van der Waals surface area (Å²) in [4.78, 5) is 2.94. The van der Waals surface area contributed by atoms with Gasteiger partial charge in [-0.1, -0.05) is 18.2 Å². The second-order valence-electron chi connectivity index (χ2n) is 1.97. The van der Waals surface area contributed by atoms with E-state index in [0.717, 1.165) is 5.56 Å². The van der Waals surface area contributed by atoms with Crippen molar-refractivity contribution < 1.29 is 0 Å². The molecule has 0 radical (unpaired) electrons. The Bertz CT molecular complexity index is 237. The average Bonchev–Trinajstić information content (AvgIpc) is 2.05. The Morgan fingerprint density at radius 1 is 1.30 bits per heavy atom. The van der Waals surface area contributed by atoms with Gasteiger partial charge in [-0.05, 0) is 12.1 Å². The van der Waals surface area contributed by atoms with E-state index in [1.54, 1.807) is 0 Å². The van der Waals surface area contributed by atoms with Gasteiger partial charge in [0, 0.05) is 0 Å². The zero-order valence-corrected chi connectivity index (χ0v) is 5.44. The molecule has 50 valence electrons. The first-order valence-electron chi connectivity index (χ1n) is 2.99. The molecule has 3 heteroatoms. The predicted molar refractivity (Wildman–Crippen MR) is 38.5 cm³/mol. The molecule has 0 aliphatic rings. The summed E-state index contributed by atoms with van der Waals surface area (Å²) in [6, 6.07) is 9.20. The Hall–Kier alpha value is -1.40. The van der Waals surface area contributed by atoms with Crippen molar-refractivity contribution in [1.82, 2.24) is 0 Å². The highest BCUT2D eigenvalue weighted by atomic mass is 15.0.